The molecule has 1 aromatic heterocycles. The Morgan fingerprint density at radius 1 is 1.07 bits per heavy atom. The molecule has 2 aromatic carbocycles. The molecule has 28 heavy (non-hydrogen) atoms. The Balaban J connectivity index is 1.23. The number of nitrogens with one attached hydrogen (secondary N) is 2. The molecule has 4 rings (SSSR count). The monoisotopic (exact) mass is 392 g/mol. The third-order valence-electron chi connectivity index (χ3n) is 4.91. The summed E-state index contributed by atoms with van der Waals surface area (Å²) in [5.41, 5.74) is 5.07. The molecule has 0 radical (unpaired) electrons. The number of hydrogen-bond acceptors (Lipinski definition) is 4. The van der Waals surface area contributed by atoms with E-state index in [2.05, 4.69) is 56.9 Å². The molecule has 5 nitrogen and oxygen atoms in total. The van der Waals surface area contributed by atoms with Crippen LogP contribution in [0, 0.1) is 0 Å². The number of thiazole rings is 1. The van der Waals surface area contributed by atoms with Gasteiger partial charge in [-0.25, -0.2) is 9.78 Å². The summed E-state index contributed by atoms with van der Waals surface area (Å²) in [6.07, 6.45) is 1.89. The van der Waals surface area contributed by atoms with E-state index in [0.29, 0.717) is 11.7 Å². The van der Waals surface area contributed by atoms with Gasteiger partial charge < -0.3 is 5.32 Å². The molecule has 0 unspecified atom stereocenters. The molecule has 1 aliphatic rings. The largest absolute Gasteiger partial charge is 0.337 e. The van der Waals surface area contributed by atoms with E-state index in [4.69, 9.17) is 0 Å². The molecule has 0 saturated heterocycles. The smallest absolute Gasteiger partial charge is 0.321 e. The third-order valence-corrected chi connectivity index (χ3v) is 5.72. The molecule has 144 valence electrons. The van der Waals surface area contributed by atoms with Gasteiger partial charge in [-0.1, -0.05) is 54.6 Å². The van der Waals surface area contributed by atoms with E-state index in [0.717, 1.165) is 38.2 Å². The van der Waals surface area contributed by atoms with Crippen LogP contribution in [0.25, 0.3) is 0 Å². The maximum absolute atomic E-state index is 12.1. The van der Waals surface area contributed by atoms with Gasteiger partial charge in [0.2, 0.25) is 0 Å². The van der Waals surface area contributed by atoms with Crippen molar-refractivity contribution in [3.05, 3.63) is 82.4 Å². The minimum atomic E-state index is -0.205. The number of rotatable bonds is 6. The Morgan fingerprint density at radius 2 is 1.86 bits per heavy atom. The Bertz CT molecular complexity index is 925. The number of carbonyl (C=O) groups is 1. The lowest BCUT2D eigenvalue weighted by molar-refractivity contribution is 0.243. The highest BCUT2D eigenvalue weighted by Crippen LogP contribution is 2.22. The number of anilines is 1. The van der Waals surface area contributed by atoms with Crippen molar-refractivity contribution in [1.82, 2.24) is 15.2 Å². The topological polar surface area (TPSA) is 57.3 Å². The number of amides is 2. The third kappa shape index (κ3) is 4.97. The van der Waals surface area contributed by atoms with Gasteiger partial charge in [0.25, 0.3) is 0 Å². The van der Waals surface area contributed by atoms with Crippen LogP contribution in [0.5, 0.6) is 0 Å². The standard InChI is InChI=1S/C22H24N4OS/c27-21(23-12-10-17-6-2-1-3-7-17)25-22-24-20(16-28-22)15-26-13-11-18-8-4-5-9-19(18)14-26/h1-9,16H,10-15H2,(H2,23,24,25,27). The molecule has 2 amide bonds. The maximum Gasteiger partial charge on any atom is 0.321 e. The van der Waals surface area contributed by atoms with E-state index in [1.165, 1.54) is 28.0 Å². The average Bonchev–Trinajstić information content (AvgIpc) is 3.15. The van der Waals surface area contributed by atoms with Crippen LogP contribution in [0.3, 0.4) is 0 Å². The predicted octanol–water partition coefficient (Wildman–Crippen LogP) is 4.07. The second-order valence-corrected chi connectivity index (χ2v) is 7.85. The molecule has 3 aromatic rings. The van der Waals surface area contributed by atoms with Crippen LogP contribution >= 0.6 is 11.3 Å². The van der Waals surface area contributed by atoms with Crippen LogP contribution in [0.15, 0.2) is 60.0 Å². The number of hydrogen-bond donors (Lipinski definition) is 2. The van der Waals surface area contributed by atoms with Crippen LogP contribution < -0.4 is 10.6 Å². The minimum absolute atomic E-state index is 0.205. The molecule has 2 heterocycles. The Hall–Kier alpha value is -2.70. The molecule has 0 saturated carbocycles. The highest BCUT2D eigenvalue weighted by molar-refractivity contribution is 7.13. The van der Waals surface area contributed by atoms with E-state index >= 15 is 0 Å². The van der Waals surface area contributed by atoms with Crippen molar-refractivity contribution in [2.75, 3.05) is 18.4 Å². The Morgan fingerprint density at radius 3 is 2.71 bits per heavy atom. The van der Waals surface area contributed by atoms with Gasteiger partial charge in [0.1, 0.15) is 0 Å². The first-order valence-corrected chi connectivity index (χ1v) is 10.5. The van der Waals surface area contributed by atoms with Crippen LogP contribution in [-0.2, 0) is 25.9 Å². The second-order valence-electron chi connectivity index (χ2n) is 6.99. The van der Waals surface area contributed by atoms with Crippen molar-refractivity contribution >= 4 is 22.5 Å². The summed E-state index contributed by atoms with van der Waals surface area (Å²) >= 11 is 1.47. The molecule has 0 fully saturated rings. The number of benzene rings is 2. The minimum Gasteiger partial charge on any atom is -0.337 e. The first kappa shape index (κ1) is 18.7. The van der Waals surface area contributed by atoms with E-state index in [1.807, 2.05) is 23.6 Å². The zero-order valence-electron chi connectivity index (χ0n) is 15.7. The fourth-order valence-corrected chi connectivity index (χ4v) is 4.16. The quantitative estimate of drug-likeness (QED) is 0.665. The van der Waals surface area contributed by atoms with Crippen molar-refractivity contribution in [3.63, 3.8) is 0 Å². The maximum atomic E-state index is 12.1. The van der Waals surface area contributed by atoms with Gasteiger partial charge in [0.15, 0.2) is 5.13 Å². The summed E-state index contributed by atoms with van der Waals surface area (Å²) in [5.74, 6) is 0. The second kappa shape index (κ2) is 8.99. The van der Waals surface area contributed by atoms with Crippen molar-refractivity contribution in [3.8, 4) is 0 Å². The van der Waals surface area contributed by atoms with Crippen LogP contribution in [0.1, 0.15) is 22.4 Å². The summed E-state index contributed by atoms with van der Waals surface area (Å²) in [7, 11) is 0. The molecule has 0 atom stereocenters. The van der Waals surface area contributed by atoms with E-state index < -0.39 is 0 Å². The summed E-state index contributed by atoms with van der Waals surface area (Å²) in [5, 5.41) is 8.40. The molecule has 0 aliphatic carbocycles. The van der Waals surface area contributed by atoms with Gasteiger partial charge in [-0.15, -0.1) is 11.3 Å². The fraction of sp³-hybridized carbons (Fsp3) is 0.273. The summed E-state index contributed by atoms with van der Waals surface area (Å²) < 4.78 is 0. The Labute approximate surface area is 169 Å². The van der Waals surface area contributed by atoms with Crippen molar-refractivity contribution in [2.45, 2.75) is 25.9 Å². The highest BCUT2D eigenvalue weighted by Gasteiger charge is 2.17. The van der Waals surface area contributed by atoms with Gasteiger partial charge in [-0.05, 0) is 29.5 Å². The number of nitrogens with zero attached hydrogens (tertiary/aromatic N) is 2. The van der Waals surface area contributed by atoms with Crippen LogP contribution in [0.2, 0.25) is 0 Å². The lowest BCUT2D eigenvalue weighted by Crippen LogP contribution is -2.31. The van der Waals surface area contributed by atoms with Gasteiger partial charge in [-0.3, -0.25) is 10.2 Å². The van der Waals surface area contributed by atoms with Crippen LogP contribution in [-0.4, -0.2) is 29.0 Å². The van der Waals surface area contributed by atoms with E-state index in [-0.39, 0.29) is 6.03 Å². The van der Waals surface area contributed by atoms with Gasteiger partial charge in [0, 0.05) is 31.6 Å². The zero-order valence-corrected chi connectivity index (χ0v) is 16.5. The molecule has 0 spiro atoms. The fourth-order valence-electron chi connectivity index (χ4n) is 3.46. The van der Waals surface area contributed by atoms with E-state index in [1.54, 1.807) is 0 Å². The van der Waals surface area contributed by atoms with E-state index in [9.17, 15) is 4.79 Å². The van der Waals surface area contributed by atoms with Crippen molar-refractivity contribution < 1.29 is 4.79 Å². The number of aromatic nitrogens is 1. The summed E-state index contributed by atoms with van der Waals surface area (Å²) in [6, 6.07) is 18.6. The van der Waals surface area contributed by atoms with Crippen molar-refractivity contribution in [1.29, 1.82) is 0 Å². The number of urea groups is 1. The predicted molar refractivity (Wildman–Crippen MR) is 114 cm³/mol. The van der Waals surface area contributed by atoms with Crippen molar-refractivity contribution in [2.24, 2.45) is 0 Å². The first-order chi connectivity index (χ1) is 13.8. The molecule has 2 N–H and O–H groups in total. The van der Waals surface area contributed by atoms with Gasteiger partial charge >= 0.3 is 6.03 Å². The summed E-state index contributed by atoms with van der Waals surface area (Å²) in [6.45, 7) is 3.40. The number of carbonyl (C=O) groups excluding carboxylic acids is 1. The van der Waals surface area contributed by atoms with Crippen LogP contribution in [0.4, 0.5) is 9.93 Å². The zero-order chi connectivity index (χ0) is 19.2. The van der Waals surface area contributed by atoms with Gasteiger partial charge in [0.05, 0.1) is 5.69 Å². The first-order valence-electron chi connectivity index (χ1n) is 9.58. The highest BCUT2D eigenvalue weighted by atomic mass is 32.1. The normalized spacial score (nSPS) is 13.7. The lowest BCUT2D eigenvalue weighted by atomic mass is 10.00. The Kier molecular flexibility index (Phi) is 5.99. The molecular formula is C22H24N4OS. The van der Waals surface area contributed by atoms with Gasteiger partial charge in [-0.2, -0.15) is 0 Å². The SMILES string of the molecule is O=C(NCCc1ccccc1)Nc1nc(CN2CCc3ccccc3C2)cs1. The summed E-state index contributed by atoms with van der Waals surface area (Å²) in [4.78, 5) is 19.0. The molecule has 1 aliphatic heterocycles. The number of fused-ring (bicyclic) bond motifs is 1. The average molecular weight is 393 g/mol. The molecule has 6 heteroatoms. The lowest BCUT2D eigenvalue weighted by Gasteiger charge is -2.27. The molecular weight excluding hydrogens is 368 g/mol. The molecule has 0 bridgehead atoms.